The third-order valence-electron chi connectivity index (χ3n) is 3.16. The largest absolute Gasteiger partial charge is 0.325 e. The Balaban J connectivity index is 1.96. The molecule has 1 aromatic heterocycles. The first-order valence-electron chi connectivity index (χ1n) is 6.26. The summed E-state index contributed by atoms with van der Waals surface area (Å²) in [5, 5.41) is 0. The van der Waals surface area contributed by atoms with E-state index in [9.17, 15) is 0 Å². The zero-order valence-corrected chi connectivity index (χ0v) is 9.86. The Bertz CT molecular complexity index is 317. The molecule has 2 N–H and O–H groups in total. The Kier molecular flexibility index (Phi) is 4.31. The van der Waals surface area contributed by atoms with Crippen molar-refractivity contribution in [1.82, 2.24) is 9.88 Å². The van der Waals surface area contributed by atoms with Gasteiger partial charge in [-0.2, -0.15) is 0 Å². The van der Waals surface area contributed by atoms with E-state index in [4.69, 9.17) is 5.73 Å². The van der Waals surface area contributed by atoms with Crippen molar-refractivity contribution in [3.8, 4) is 0 Å². The molecule has 3 heteroatoms. The summed E-state index contributed by atoms with van der Waals surface area (Å²) < 4.78 is 0. The van der Waals surface area contributed by atoms with Crippen molar-refractivity contribution in [2.24, 2.45) is 5.73 Å². The van der Waals surface area contributed by atoms with E-state index in [1.807, 2.05) is 6.07 Å². The van der Waals surface area contributed by atoms with Gasteiger partial charge in [-0.05, 0) is 38.1 Å². The minimum Gasteiger partial charge on any atom is -0.325 e. The highest BCUT2D eigenvalue weighted by molar-refractivity contribution is 5.11. The van der Waals surface area contributed by atoms with Crippen molar-refractivity contribution in [3.05, 3.63) is 29.6 Å². The van der Waals surface area contributed by atoms with Gasteiger partial charge in [-0.25, -0.2) is 0 Å². The summed E-state index contributed by atoms with van der Waals surface area (Å²) in [5.74, 6) is 0. The van der Waals surface area contributed by atoms with Gasteiger partial charge in [-0.1, -0.05) is 18.9 Å². The number of pyridine rings is 1. The van der Waals surface area contributed by atoms with Gasteiger partial charge >= 0.3 is 0 Å². The lowest BCUT2D eigenvalue weighted by Gasteiger charge is -2.19. The molecule has 0 bridgehead atoms. The minimum absolute atomic E-state index is 0.536. The van der Waals surface area contributed by atoms with Gasteiger partial charge in [0.05, 0.1) is 11.4 Å². The lowest BCUT2D eigenvalue weighted by Crippen LogP contribution is -2.24. The molecule has 0 atom stereocenters. The van der Waals surface area contributed by atoms with E-state index in [-0.39, 0.29) is 0 Å². The SMILES string of the molecule is NCc1cccc(CN2CCCCCC2)n1. The Morgan fingerprint density at radius 3 is 2.44 bits per heavy atom. The molecule has 1 saturated heterocycles. The van der Waals surface area contributed by atoms with E-state index in [1.54, 1.807) is 0 Å². The molecular formula is C13H21N3. The fourth-order valence-electron chi connectivity index (χ4n) is 2.25. The van der Waals surface area contributed by atoms with Gasteiger partial charge in [0.2, 0.25) is 0 Å². The highest BCUT2D eigenvalue weighted by atomic mass is 15.1. The molecule has 0 spiro atoms. The summed E-state index contributed by atoms with van der Waals surface area (Å²) in [6.07, 6.45) is 5.42. The molecule has 0 unspecified atom stereocenters. The molecule has 88 valence electrons. The molecule has 2 heterocycles. The lowest BCUT2D eigenvalue weighted by atomic mass is 10.2. The second-order valence-electron chi connectivity index (χ2n) is 4.51. The molecule has 0 aliphatic carbocycles. The third-order valence-corrected chi connectivity index (χ3v) is 3.16. The molecule has 0 radical (unpaired) electrons. The van der Waals surface area contributed by atoms with Crippen LogP contribution >= 0.6 is 0 Å². The minimum atomic E-state index is 0.536. The summed E-state index contributed by atoms with van der Waals surface area (Å²) in [5.41, 5.74) is 7.75. The smallest absolute Gasteiger partial charge is 0.0547 e. The van der Waals surface area contributed by atoms with E-state index in [2.05, 4.69) is 22.0 Å². The van der Waals surface area contributed by atoms with E-state index in [0.29, 0.717) is 6.54 Å². The van der Waals surface area contributed by atoms with Crippen molar-refractivity contribution >= 4 is 0 Å². The second kappa shape index (κ2) is 5.97. The maximum atomic E-state index is 5.60. The number of nitrogens with two attached hydrogens (primary N) is 1. The van der Waals surface area contributed by atoms with Gasteiger partial charge in [0.1, 0.15) is 0 Å². The number of hydrogen-bond donors (Lipinski definition) is 1. The van der Waals surface area contributed by atoms with Crippen LogP contribution in [0.25, 0.3) is 0 Å². The van der Waals surface area contributed by atoms with Crippen LogP contribution in [0.3, 0.4) is 0 Å². The Morgan fingerprint density at radius 1 is 1.06 bits per heavy atom. The summed E-state index contributed by atoms with van der Waals surface area (Å²) in [6, 6.07) is 6.15. The number of rotatable bonds is 3. The molecule has 0 amide bonds. The third kappa shape index (κ3) is 3.29. The van der Waals surface area contributed by atoms with Crippen LogP contribution in [0.4, 0.5) is 0 Å². The monoisotopic (exact) mass is 219 g/mol. The predicted molar refractivity (Wildman–Crippen MR) is 65.9 cm³/mol. The molecule has 3 nitrogen and oxygen atoms in total. The summed E-state index contributed by atoms with van der Waals surface area (Å²) >= 11 is 0. The normalized spacial score (nSPS) is 18.3. The standard InChI is InChI=1S/C13H21N3/c14-10-12-6-5-7-13(15-12)11-16-8-3-1-2-4-9-16/h5-7H,1-4,8-11,14H2. The van der Waals surface area contributed by atoms with Crippen LogP contribution in [-0.2, 0) is 13.1 Å². The van der Waals surface area contributed by atoms with Gasteiger partial charge in [0.25, 0.3) is 0 Å². The van der Waals surface area contributed by atoms with Gasteiger partial charge in [-0.3, -0.25) is 9.88 Å². The Labute approximate surface area is 97.7 Å². The van der Waals surface area contributed by atoms with Crippen molar-refractivity contribution in [1.29, 1.82) is 0 Å². The quantitative estimate of drug-likeness (QED) is 0.844. The maximum absolute atomic E-state index is 5.60. The van der Waals surface area contributed by atoms with E-state index in [1.165, 1.54) is 38.8 Å². The first-order chi connectivity index (χ1) is 7.88. The molecule has 1 aliphatic heterocycles. The highest BCUT2D eigenvalue weighted by Gasteiger charge is 2.09. The van der Waals surface area contributed by atoms with Crippen LogP contribution in [0.15, 0.2) is 18.2 Å². The van der Waals surface area contributed by atoms with Crippen LogP contribution in [0, 0.1) is 0 Å². The predicted octanol–water partition coefficient (Wildman–Crippen LogP) is 1.92. The fourth-order valence-corrected chi connectivity index (χ4v) is 2.25. The highest BCUT2D eigenvalue weighted by Crippen LogP contribution is 2.12. The van der Waals surface area contributed by atoms with Crippen LogP contribution in [-0.4, -0.2) is 23.0 Å². The molecule has 1 aromatic rings. The second-order valence-corrected chi connectivity index (χ2v) is 4.51. The van der Waals surface area contributed by atoms with Crippen LogP contribution in [0.1, 0.15) is 37.1 Å². The summed E-state index contributed by atoms with van der Waals surface area (Å²) in [6.45, 7) is 3.95. The van der Waals surface area contributed by atoms with Crippen molar-refractivity contribution in [2.45, 2.75) is 38.8 Å². The average molecular weight is 219 g/mol. The van der Waals surface area contributed by atoms with Gasteiger partial charge in [-0.15, -0.1) is 0 Å². The van der Waals surface area contributed by atoms with Crippen molar-refractivity contribution in [3.63, 3.8) is 0 Å². The van der Waals surface area contributed by atoms with Gasteiger partial charge in [0, 0.05) is 13.1 Å². The average Bonchev–Trinajstić information content (AvgIpc) is 2.58. The molecule has 0 saturated carbocycles. The number of likely N-dealkylation sites (tertiary alicyclic amines) is 1. The zero-order chi connectivity index (χ0) is 11.2. The first-order valence-corrected chi connectivity index (χ1v) is 6.26. The van der Waals surface area contributed by atoms with Crippen LogP contribution in [0.2, 0.25) is 0 Å². The number of aromatic nitrogens is 1. The van der Waals surface area contributed by atoms with Gasteiger partial charge in [0.15, 0.2) is 0 Å². The molecule has 16 heavy (non-hydrogen) atoms. The summed E-state index contributed by atoms with van der Waals surface area (Å²) in [4.78, 5) is 7.06. The number of nitrogens with zero attached hydrogens (tertiary/aromatic N) is 2. The van der Waals surface area contributed by atoms with Crippen molar-refractivity contribution in [2.75, 3.05) is 13.1 Å². The first kappa shape index (κ1) is 11.6. The molecule has 1 fully saturated rings. The van der Waals surface area contributed by atoms with E-state index in [0.717, 1.165) is 17.9 Å². The molecular weight excluding hydrogens is 198 g/mol. The topological polar surface area (TPSA) is 42.1 Å². The van der Waals surface area contributed by atoms with E-state index < -0.39 is 0 Å². The maximum Gasteiger partial charge on any atom is 0.0547 e. The zero-order valence-electron chi connectivity index (χ0n) is 9.86. The molecule has 1 aliphatic rings. The van der Waals surface area contributed by atoms with E-state index >= 15 is 0 Å². The lowest BCUT2D eigenvalue weighted by molar-refractivity contribution is 0.273. The fraction of sp³-hybridized carbons (Fsp3) is 0.615. The Hall–Kier alpha value is -0.930. The number of hydrogen-bond acceptors (Lipinski definition) is 3. The van der Waals surface area contributed by atoms with Gasteiger partial charge < -0.3 is 5.73 Å². The molecule has 0 aromatic carbocycles. The van der Waals surface area contributed by atoms with Crippen LogP contribution < -0.4 is 5.73 Å². The summed E-state index contributed by atoms with van der Waals surface area (Å²) in [7, 11) is 0. The Morgan fingerprint density at radius 2 is 1.75 bits per heavy atom. The molecule has 2 rings (SSSR count). The van der Waals surface area contributed by atoms with Crippen molar-refractivity contribution < 1.29 is 0 Å². The van der Waals surface area contributed by atoms with Crippen LogP contribution in [0.5, 0.6) is 0 Å².